The first-order valence-corrected chi connectivity index (χ1v) is 6.17. The van der Waals surface area contributed by atoms with E-state index in [9.17, 15) is 9.90 Å². The standard InChI is InChI=1S/C12H22N2O2/c1-12(2)9(6-10(12)15)14-11(16)7-4-3-5-8(7)13/h7-10,15H,3-6,13H2,1-2H3,(H,14,16). The minimum Gasteiger partial charge on any atom is -0.392 e. The molecule has 4 nitrogen and oxygen atoms in total. The normalized spacial score (nSPS) is 41.5. The summed E-state index contributed by atoms with van der Waals surface area (Å²) in [4.78, 5) is 12.0. The first-order chi connectivity index (χ1) is 7.43. The topological polar surface area (TPSA) is 75.3 Å². The Balaban J connectivity index is 1.89. The average Bonchev–Trinajstić information content (AvgIpc) is 2.64. The number of hydrogen-bond acceptors (Lipinski definition) is 3. The smallest absolute Gasteiger partial charge is 0.224 e. The highest BCUT2D eigenvalue weighted by molar-refractivity contribution is 5.80. The summed E-state index contributed by atoms with van der Waals surface area (Å²) in [6.07, 6.45) is 3.28. The van der Waals surface area contributed by atoms with Gasteiger partial charge in [-0.2, -0.15) is 0 Å². The third-order valence-corrected chi connectivity index (χ3v) is 4.44. The molecule has 92 valence electrons. The number of aliphatic hydroxyl groups excluding tert-OH is 1. The maximum Gasteiger partial charge on any atom is 0.224 e. The maximum atomic E-state index is 12.0. The van der Waals surface area contributed by atoms with Gasteiger partial charge in [0, 0.05) is 17.5 Å². The quantitative estimate of drug-likeness (QED) is 0.637. The van der Waals surface area contributed by atoms with Crippen LogP contribution in [-0.4, -0.2) is 29.2 Å². The van der Waals surface area contributed by atoms with Crippen molar-refractivity contribution in [2.45, 2.75) is 57.7 Å². The molecule has 4 heteroatoms. The van der Waals surface area contributed by atoms with Gasteiger partial charge < -0.3 is 16.2 Å². The summed E-state index contributed by atoms with van der Waals surface area (Å²) in [6, 6.07) is 0.121. The number of nitrogens with one attached hydrogen (secondary N) is 1. The van der Waals surface area contributed by atoms with Crippen molar-refractivity contribution in [3.63, 3.8) is 0 Å². The van der Waals surface area contributed by atoms with Gasteiger partial charge in [0.1, 0.15) is 0 Å². The molecule has 2 saturated carbocycles. The highest BCUT2D eigenvalue weighted by Gasteiger charge is 2.48. The molecule has 0 heterocycles. The SMILES string of the molecule is CC1(C)C(O)CC1NC(=O)C1CCCC1N. The van der Waals surface area contributed by atoms with Gasteiger partial charge in [-0.1, -0.05) is 20.3 Å². The second kappa shape index (κ2) is 4.00. The number of aliphatic hydroxyl groups is 1. The summed E-state index contributed by atoms with van der Waals surface area (Å²) in [5.41, 5.74) is 5.70. The Hall–Kier alpha value is -0.610. The first kappa shape index (κ1) is 11.9. The third-order valence-electron chi connectivity index (χ3n) is 4.44. The van der Waals surface area contributed by atoms with Crippen LogP contribution in [0.25, 0.3) is 0 Å². The highest BCUT2D eigenvalue weighted by Crippen LogP contribution is 2.40. The van der Waals surface area contributed by atoms with Crippen LogP contribution in [0.2, 0.25) is 0 Å². The Labute approximate surface area is 96.6 Å². The van der Waals surface area contributed by atoms with Crippen molar-refractivity contribution < 1.29 is 9.90 Å². The Kier molecular flexibility index (Phi) is 2.97. The van der Waals surface area contributed by atoms with Crippen LogP contribution < -0.4 is 11.1 Å². The maximum absolute atomic E-state index is 12.0. The lowest BCUT2D eigenvalue weighted by Gasteiger charge is -2.49. The lowest BCUT2D eigenvalue weighted by Crippen LogP contribution is -2.62. The van der Waals surface area contributed by atoms with Crippen LogP contribution in [0.3, 0.4) is 0 Å². The Morgan fingerprint density at radius 3 is 2.56 bits per heavy atom. The second-order valence-corrected chi connectivity index (χ2v) is 5.84. The molecule has 1 amide bonds. The molecule has 2 fully saturated rings. The van der Waals surface area contributed by atoms with Gasteiger partial charge in [-0.15, -0.1) is 0 Å². The van der Waals surface area contributed by atoms with E-state index in [1.165, 1.54) is 0 Å². The van der Waals surface area contributed by atoms with Crippen molar-refractivity contribution in [2.75, 3.05) is 0 Å². The average molecular weight is 226 g/mol. The third kappa shape index (κ3) is 1.84. The van der Waals surface area contributed by atoms with Crippen LogP contribution in [0, 0.1) is 11.3 Å². The van der Waals surface area contributed by atoms with Crippen molar-refractivity contribution >= 4 is 5.91 Å². The summed E-state index contributed by atoms with van der Waals surface area (Å²) < 4.78 is 0. The van der Waals surface area contributed by atoms with Gasteiger partial charge in [-0.05, 0) is 19.3 Å². The van der Waals surface area contributed by atoms with E-state index in [0.29, 0.717) is 6.42 Å². The molecule has 0 spiro atoms. The van der Waals surface area contributed by atoms with Gasteiger partial charge in [0.05, 0.1) is 12.0 Å². The van der Waals surface area contributed by atoms with Gasteiger partial charge >= 0.3 is 0 Å². The molecular formula is C12H22N2O2. The number of nitrogens with two attached hydrogens (primary N) is 1. The van der Waals surface area contributed by atoms with Crippen molar-refractivity contribution in [3.05, 3.63) is 0 Å². The molecule has 0 bridgehead atoms. The fourth-order valence-electron chi connectivity index (χ4n) is 2.74. The lowest BCUT2D eigenvalue weighted by molar-refractivity contribution is -0.133. The largest absolute Gasteiger partial charge is 0.392 e. The van der Waals surface area contributed by atoms with E-state index < -0.39 is 0 Å². The van der Waals surface area contributed by atoms with Crippen LogP contribution in [0.4, 0.5) is 0 Å². The van der Waals surface area contributed by atoms with Crippen LogP contribution in [0.15, 0.2) is 0 Å². The van der Waals surface area contributed by atoms with E-state index in [1.807, 2.05) is 13.8 Å². The van der Waals surface area contributed by atoms with Crippen molar-refractivity contribution in [2.24, 2.45) is 17.1 Å². The lowest BCUT2D eigenvalue weighted by atomic mass is 9.64. The van der Waals surface area contributed by atoms with E-state index in [-0.39, 0.29) is 35.4 Å². The molecule has 4 unspecified atom stereocenters. The van der Waals surface area contributed by atoms with Crippen LogP contribution >= 0.6 is 0 Å². The molecule has 2 aliphatic rings. The highest BCUT2D eigenvalue weighted by atomic mass is 16.3. The van der Waals surface area contributed by atoms with E-state index in [0.717, 1.165) is 19.3 Å². The van der Waals surface area contributed by atoms with E-state index in [1.54, 1.807) is 0 Å². The molecule has 0 aromatic carbocycles. The van der Waals surface area contributed by atoms with E-state index in [4.69, 9.17) is 5.73 Å². The summed E-state index contributed by atoms with van der Waals surface area (Å²) in [7, 11) is 0. The number of hydrogen-bond donors (Lipinski definition) is 3. The zero-order valence-corrected chi connectivity index (χ0v) is 10.1. The summed E-state index contributed by atoms with van der Waals surface area (Å²) in [5, 5.41) is 12.6. The monoisotopic (exact) mass is 226 g/mol. The molecule has 2 aliphatic carbocycles. The molecule has 0 aromatic heterocycles. The minimum absolute atomic E-state index is 0.0199. The summed E-state index contributed by atoms with van der Waals surface area (Å²) >= 11 is 0. The number of carbonyl (C=O) groups is 1. The van der Waals surface area contributed by atoms with Crippen LogP contribution in [0.5, 0.6) is 0 Å². The van der Waals surface area contributed by atoms with Gasteiger partial charge in [-0.25, -0.2) is 0 Å². The predicted octanol–water partition coefficient (Wildman–Crippen LogP) is 0.389. The van der Waals surface area contributed by atoms with E-state index in [2.05, 4.69) is 5.32 Å². The first-order valence-electron chi connectivity index (χ1n) is 6.17. The Morgan fingerprint density at radius 1 is 1.44 bits per heavy atom. The molecule has 0 saturated heterocycles. The van der Waals surface area contributed by atoms with Crippen LogP contribution in [0.1, 0.15) is 39.5 Å². The fraction of sp³-hybridized carbons (Fsp3) is 0.917. The molecule has 0 radical (unpaired) electrons. The molecule has 0 aromatic rings. The number of carbonyl (C=O) groups excluding carboxylic acids is 1. The van der Waals surface area contributed by atoms with Crippen molar-refractivity contribution in [1.82, 2.24) is 5.32 Å². The molecule has 4 atom stereocenters. The number of rotatable bonds is 2. The summed E-state index contributed by atoms with van der Waals surface area (Å²) in [6.45, 7) is 3.97. The fourth-order valence-corrected chi connectivity index (χ4v) is 2.74. The molecule has 0 aliphatic heterocycles. The van der Waals surface area contributed by atoms with Gasteiger partial charge in [0.2, 0.25) is 5.91 Å². The van der Waals surface area contributed by atoms with Gasteiger partial charge in [0.15, 0.2) is 0 Å². The molecule has 16 heavy (non-hydrogen) atoms. The predicted molar refractivity (Wildman–Crippen MR) is 61.7 cm³/mol. The van der Waals surface area contributed by atoms with Crippen molar-refractivity contribution in [3.8, 4) is 0 Å². The second-order valence-electron chi connectivity index (χ2n) is 5.84. The zero-order valence-electron chi connectivity index (χ0n) is 10.1. The Bertz CT molecular complexity index is 291. The van der Waals surface area contributed by atoms with Crippen LogP contribution in [-0.2, 0) is 4.79 Å². The van der Waals surface area contributed by atoms with Crippen molar-refractivity contribution in [1.29, 1.82) is 0 Å². The minimum atomic E-state index is -0.296. The zero-order chi connectivity index (χ0) is 11.9. The van der Waals surface area contributed by atoms with Gasteiger partial charge in [-0.3, -0.25) is 4.79 Å². The number of amides is 1. The summed E-state index contributed by atoms with van der Waals surface area (Å²) in [5.74, 6) is 0.0588. The Morgan fingerprint density at radius 2 is 2.12 bits per heavy atom. The molecule has 2 rings (SSSR count). The molecule has 4 N–H and O–H groups in total. The van der Waals surface area contributed by atoms with E-state index >= 15 is 0 Å². The van der Waals surface area contributed by atoms with Gasteiger partial charge in [0.25, 0.3) is 0 Å². The molecular weight excluding hydrogens is 204 g/mol.